The molecule has 13 heteroatoms. The van der Waals surface area contributed by atoms with Crippen LogP contribution >= 0.6 is 11.8 Å². The fourth-order valence-corrected chi connectivity index (χ4v) is 7.10. The highest BCUT2D eigenvalue weighted by Crippen LogP contribution is 2.63. The van der Waals surface area contributed by atoms with Crippen LogP contribution in [-0.4, -0.2) is 59.0 Å². The van der Waals surface area contributed by atoms with Crippen LogP contribution in [0.3, 0.4) is 0 Å². The molecule has 4 heterocycles. The smallest absolute Gasteiger partial charge is 0.424 e. The number of rotatable bonds is 4. The first-order chi connectivity index (χ1) is 18.5. The molecule has 3 aromatic heterocycles. The van der Waals surface area contributed by atoms with Crippen molar-refractivity contribution in [3.63, 3.8) is 0 Å². The fraction of sp³-hybridized carbons (Fsp3) is 0.519. The topological polar surface area (TPSA) is 167 Å². The summed E-state index contributed by atoms with van der Waals surface area (Å²) in [5, 5.41) is 35.9. The van der Waals surface area contributed by atoms with Gasteiger partial charge in [-0.3, -0.25) is 4.98 Å². The molecule has 0 bridgehead atoms. The normalized spacial score (nSPS) is 18.9. The number of methoxy groups -OCH3 is 1. The van der Waals surface area contributed by atoms with Gasteiger partial charge in [0.05, 0.1) is 36.5 Å². The second kappa shape index (κ2) is 9.62. The maximum atomic E-state index is 11.9. The minimum Gasteiger partial charge on any atom is -0.496 e. The Kier molecular flexibility index (Phi) is 6.99. The van der Waals surface area contributed by atoms with Crippen molar-refractivity contribution in [1.82, 2.24) is 24.7 Å². The Labute approximate surface area is 236 Å². The molecule has 4 rings (SSSR count). The van der Waals surface area contributed by atoms with Gasteiger partial charge in [-0.2, -0.15) is 15.3 Å². The van der Waals surface area contributed by atoms with E-state index in [2.05, 4.69) is 21.0 Å². The van der Waals surface area contributed by atoms with Gasteiger partial charge in [0.1, 0.15) is 15.5 Å². The van der Waals surface area contributed by atoms with Crippen LogP contribution in [0.25, 0.3) is 11.0 Å². The van der Waals surface area contributed by atoms with E-state index in [4.69, 9.17) is 9.84 Å². The first kappa shape index (κ1) is 29.1. The lowest BCUT2D eigenvalue weighted by Crippen LogP contribution is -2.50. The second-order valence-corrected chi connectivity index (χ2v) is 13.3. The quantitative estimate of drug-likeness (QED) is 0.376. The maximum Gasteiger partial charge on any atom is 0.424 e. The van der Waals surface area contributed by atoms with E-state index in [1.165, 1.54) is 11.8 Å². The molecule has 0 fully saturated rings. The third-order valence-electron chi connectivity index (χ3n) is 7.29. The summed E-state index contributed by atoms with van der Waals surface area (Å²) < 4.78 is 6.08. The number of ether oxygens (including phenoxy) is 1. The van der Waals surface area contributed by atoms with Gasteiger partial charge in [-0.05, 0) is 24.7 Å². The van der Waals surface area contributed by atoms with Crippen molar-refractivity contribution in [3.8, 4) is 11.8 Å². The van der Waals surface area contributed by atoms with Crippen molar-refractivity contribution in [1.29, 1.82) is 5.26 Å². The third-order valence-corrected chi connectivity index (χ3v) is 9.04. The number of hydrogen-bond donors (Lipinski definition) is 2. The zero-order valence-corrected chi connectivity index (χ0v) is 24.8. The van der Waals surface area contributed by atoms with Crippen LogP contribution < -0.4 is 9.64 Å². The van der Waals surface area contributed by atoms with Crippen LogP contribution in [0.4, 0.5) is 15.5 Å². The fourth-order valence-electron chi connectivity index (χ4n) is 5.43. The molecule has 0 aromatic carbocycles. The van der Waals surface area contributed by atoms with Crippen molar-refractivity contribution < 1.29 is 24.5 Å². The summed E-state index contributed by atoms with van der Waals surface area (Å²) in [5.74, 6) is -0.231. The lowest BCUT2D eigenvalue weighted by molar-refractivity contribution is 0.183. The molecule has 0 aliphatic carbocycles. The number of aromatic nitrogens is 5. The number of imide groups is 1. The van der Waals surface area contributed by atoms with E-state index in [-0.39, 0.29) is 23.0 Å². The lowest BCUT2D eigenvalue weighted by atomic mass is 9.62. The molecule has 0 spiro atoms. The molecule has 0 saturated heterocycles. The van der Waals surface area contributed by atoms with E-state index in [1.54, 1.807) is 18.0 Å². The van der Waals surface area contributed by atoms with Gasteiger partial charge in [0, 0.05) is 23.2 Å². The van der Waals surface area contributed by atoms with Gasteiger partial charge in [0.15, 0.2) is 5.65 Å². The van der Waals surface area contributed by atoms with Gasteiger partial charge in [-0.1, -0.05) is 53.3 Å². The first-order valence-electron chi connectivity index (χ1n) is 12.6. The highest BCUT2D eigenvalue weighted by atomic mass is 32.2. The molecular formula is C27H33N7O5S. The van der Waals surface area contributed by atoms with Gasteiger partial charge in [0.25, 0.3) is 0 Å². The van der Waals surface area contributed by atoms with Gasteiger partial charge in [-0.25, -0.2) is 19.3 Å². The van der Waals surface area contributed by atoms with Crippen LogP contribution in [-0.2, 0) is 6.54 Å². The van der Waals surface area contributed by atoms with Gasteiger partial charge in [-0.15, -0.1) is 4.90 Å². The van der Waals surface area contributed by atoms with Gasteiger partial charge >= 0.3 is 12.2 Å². The Morgan fingerprint density at radius 2 is 1.80 bits per heavy atom. The van der Waals surface area contributed by atoms with E-state index in [9.17, 15) is 25.1 Å². The summed E-state index contributed by atoms with van der Waals surface area (Å²) in [7, 11) is 1.58. The Morgan fingerprint density at radius 3 is 2.30 bits per heavy atom. The average molecular weight is 568 g/mol. The predicted octanol–water partition coefficient (Wildman–Crippen LogP) is 5.60. The number of aryl methyl sites for hydroxylation is 1. The van der Waals surface area contributed by atoms with Crippen LogP contribution in [0.1, 0.15) is 70.0 Å². The van der Waals surface area contributed by atoms with Crippen LogP contribution in [0.5, 0.6) is 5.75 Å². The van der Waals surface area contributed by atoms with Crippen molar-refractivity contribution >= 4 is 40.9 Å². The number of carboxylic acid groups (broad SMARTS) is 2. The second-order valence-electron chi connectivity index (χ2n) is 12.0. The molecule has 1 aliphatic heterocycles. The molecule has 2 unspecified atom stereocenters. The Hall–Kier alpha value is -3.92. The standard InChI is InChI=1S/C27H33N7O5S/c1-13-10-29-15(14(2)18(13)39-9)11-33-20-16-17(32-33)19(25(3,4)5)27(12-28,26(6,7)8)40-21(16)31-22(30-20)34(23(35)36)24(37)38/h10,19H,11H2,1-9H3,(H,35,36)(H,37,38). The highest BCUT2D eigenvalue weighted by molar-refractivity contribution is 8.01. The summed E-state index contributed by atoms with van der Waals surface area (Å²) in [5.41, 5.74) is 2.18. The molecule has 2 atom stereocenters. The van der Waals surface area contributed by atoms with Crippen molar-refractivity contribution in [3.05, 3.63) is 28.7 Å². The zero-order chi connectivity index (χ0) is 29.9. The predicted molar refractivity (Wildman–Crippen MR) is 149 cm³/mol. The number of thioether (sulfide) groups is 1. The largest absolute Gasteiger partial charge is 0.496 e. The number of nitriles is 1. The molecule has 40 heavy (non-hydrogen) atoms. The number of hydrogen-bond acceptors (Lipinski definition) is 9. The van der Waals surface area contributed by atoms with Crippen LogP contribution in [0.2, 0.25) is 0 Å². The minimum absolute atomic E-state index is 0.0624. The van der Waals surface area contributed by atoms with E-state index in [1.807, 2.05) is 55.4 Å². The van der Waals surface area contributed by atoms with E-state index in [0.29, 0.717) is 27.5 Å². The molecular weight excluding hydrogens is 534 g/mol. The van der Waals surface area contributed by atoms with Crippen molar-refractivity contribution in [2.45, 2.75) is 77.6 Å². The minimum atomic E-state index is -1.75. The summed E-state index contributed by atoms with van der Waals surface area (Å²) in [6.45, 7) is 16.0. The maximum absolute atomic E-state index is 11.9. The average Bonchev–Trinajstić information content (AvgIpc) is 3.17. The number of carbonyl (C=O) groups is 2. The Balaban J connectivity index is 2.10. The number of amides is 2. The number of pyridine rings is 1. The van der Waals surface area contributed by atoms with Gasteiger partial charge < -0.3 is 14.9 Å². The van der Waals surface area contributed by atoms with E-state index in [0.717, 1.165) is 11.1 Å². The third kappa shape index (κ3) is 4.40. The van der Waals surface area contributed by atoms with E-state index >= 15 is 0 Å². The van der Waals surface area contributed by atoms with Gasteiger partial charge in [0.2, 0.25) is 5.95 Å². The lowest BCUT2D eigenvalue weighted by Gasteiger charge is -2.50. The summed E-state index contributed by atoms with van der Waals surface area (Å²) in [6.07, 6.45) is -1.80. The summed E-state index contributed by atoms with van der Waals surface area (Å²) >= 11 is 1.21. The SMILES string of the molecule is COc1c(C)cnc(Cn2nc3c4c(nc(N(C(=O)O)C(=O)O)nc42)SC(C#N)(C(C)(C)C)C3C(C)(C)C)c1C. The van der Waals surface area contributed by atoms with E-state index < -0.39 is 33.7 Å². The zero-order valence-electron chi connectivity index (χ0n) is 24.0. The molecule has 1 aliphatic rings. The van der Waals surface area contributed by atoms with Crippen LogP contribution in [0.15, 0.2) is 11.2 Å². The molecule has 2 N–H and O–H groups in total. The Morgan fingerprint density at radius 1 is 1.18 bits per heavy atom. The molecule has 212 valence electrons. The Bertz CT molecular complexity index is 1570. The molecule has 0 radical (unpaired) electrons. The molecule has 0 saturated carbocycles. The molecule has 3 aromatic rings. The van der Waals surface area contributed by atoms with Crippen molar-refractivity contribution in [2.75, 3.05) is 12.0 Å². The monoisotopic (exact) mass is 567 g/mol. The van der Waals surface area contributed by atoms with Crippen molar-refractivity contribution in [2.24, 2.45) is 10.8 Å². The number of nitrogens with zero attached hydrogens (tertiary/aromatic N) is 7. The summed E-state index contributed by atoms with van der Waals surface area (Å²) in [4.78, 5) is 37.3. The molecule has 12 nitrogen and oxygen atoms in total. The first-order valence-corrected chi connectivity index (χ1v) is 13.4. The highest BCUT2D eigenvalue weighted by Gasteiger charge is 2.59. The summed E-state index contributed by atoms with van der Waals surface area (Å²) in [6, 6.07) is 2.56. The number of anilines is 1. The van der Waals surface area contributed by atoms with Crippen LogP contribution in [0, 0.1) is 36.0 Å². The molecule has 2 amide bonds.